The standard InChI is InChI=1S/C24H23N3O5S2/c1-27(34(29,30)19-7-8-20(31-2)21(13-19)32-3)18-6-9-22-17(11-18)12-23(33-22)24(28)26-15-16-5-4-10-25-14-16/h4-14H,15H2,1-3H3,(H,26,28). The van der Waals surface area contributed by atoms with Crippen LogP contribution in [0.3, 0.4) is 0 Å². The van der Waals surface area contributed by atoms with Gasteiger partial charge in [0.2, 0.25) is 0 Å². The van der Waals surface area contributed by atoms with Crippen molar-refractivity contribution < 1.29 is 22.7 Å². The zero-order valence-corrected chi connectivity index (χ0v) is 20.4. The second-order valence-corrected chi connectivity index (χ2v) is 10.4. The Morgan fingerprint density at radius 2 is 1.85 bits per heavy atom. The maximum Gasteiger partial charge on any atom is 0.264 e. The molecule has 0 bridgehead atoms. The van der Waals surface area contributed by atoms with Crippen LogP contribution in [-0.4, -0.2) is 40.6 Å². The Morgan fingerprint density at radius 3 is 2.56 bits per heavy atom. The average Bonchev–Trinajstić information content (AvgIpc) is 3.30. The van der Waals surface area contributed by atoms with Crippen LogP contribution in [0, 0.1) is 0 Å². The number of methoxy groups -OCH3 is 2. The van der Waals surface area contributed by atoms with E-state index in [1.165, 1.54) is 49.0 Å². The molecule has 0 saturated carbocycles. The lowest BCUT2D eigenvalue weighted by atomic mass is 10.2. The lowest BCUT2D eigenvalue weighted by molar-refractivity contribution is 0.0955. The predicted octanol–water partition coefficient (Wildman–Crippen LogP) is 4.07. The summed E-state index contributed by atoms with van der Waals surface area (Å²) in [6.07, 6.45) is 3.38. The van der Waals surface area contributed by atoms with E-state index in [1.807, 2.05) is 18.2 Å². The molecule has 4 rings (SSSR count). The maximum atomic E-state index is 13.2. The number of nitrogens with one attached hydrogen (secondary N) is 1. The fourth-order valence-corrected chi connectivity index (χ4v) is 5.55. The van der Waals surface area contributed by atoms with E-state index in [1.54, 1.807) is 36.7 Å². The predicted molar refractivity (Wildman–Crippen MR) is 132 cm³/mol. The van der Waals surface area contributed by atoms with E-state index in [0.29, 0.717) is 28.6 Å². The topological polar surface area (TPSA) is 97.8 Å². The highest BCUT2D eigenvalue weighted by Crippen LogP contribution is 2.34. The van der Waals surface area contributed by atoms with Crippen molar-refractivity contribution in [3.63, 3.8) is 0 Å². The number of aromatic nitrogens is 1. The Labute approximate surface area is 201 Å². The van der Waals surface area contributed by atoms with Crippen molar-refractivity contribution >= 4 is 43.0 Å². The van der Waals surface area contributed by atoms with Crippen LogP contribution >= 0.6 is 11.3 Å². The Hall–Kier alpha value is -3.63. The van der Waals surface area contributed by atoms with E-state index < -0.39 is 10.0 Å². The number of nitrogens with zero attached hydrogens (tertiary/aromatic N) is 2. The summed E-state index contributed by atoms with van der Waals surface area (Å²) in [5.41, 5.74) is 1.38. The van der Waals surface area contributed by atoms with E-state index in [-0.39, 0.29) is 10.8 Å². The molecule has 0 aliphatic heterocycles. The van der Waals surface area contributed by atoms with Crippen LogP contribution in [0.5, 0.6) is 11.5 Å². The molecule has 2 heterocycles. The normalized spacial score (nSPS) is 11.3. The van der Waals surface area contributed by atoms with Crippen molar-refractivity contribution in [2.24, 2.45) is 0 Å². The van der Waals surface area contributed by atoms with Crippen LogP contribution in [0.15, 0.2) is 71.9 Å². The lowest BCUT2D eigenvalue weighted by Gasteiger charge is -2.20. The van der Waals surface area contributed by atoms with Crippen molar-refractivity contribution in [1.29, 1.82) is 0 Å². The van der Waals surface area contributed by atoms with Crippen LogP contribution in [-0.2, 0) is 16.6 Å². The number of rotatable bonds is 8. The monoisotopic (exact) mass is 497 g/mol. The van der Waals surface area contributed by atoms with Gasteiger partial charge in [-0.3, -0.25) is 14.1 Å². The number of hydrogen-bond acceptors (Lipinski definition) is 7. The van der Waals surface area contributed by atoms with Crippen molar-refractivity contribution in [2.75, 3.05) is 25.6 Å². The number of carbonyl (C=O) groups excluding carboxylic acids is 1. The van der Waals surface area contributed by atoms with Gasteiger partial charge in [0.05, 0.1) is 29.7 Å². The highest BCUT2D eigenvalue weighted by Gasteiger charge is 2.23. The Morgan fingerprint density at radius 1 is 1.06 bits per heavy atom. The molecule has 1 N–H and O–H groups in total. The molecule has 0 aliphatic rings. The van der Waals surface area contributed by atoms with E-state index >= 15 is 0 Å². The van der Waals surface area contributed by atoms with Crippen LogP contribution in [0.1, 0.15) is 15.2 Å². The zero-order valence-electron chi connectivity index (χ0n) is 18.8. The molecule has 2 aromatic heterocycles. The van der Waals surface area contributed by atoms with Gasteiger partial charge in [0.25, 0.3) is 15.9 Å². The number of carbonyl (C=O) groups is 1. The van der Waals surface area contributed by atoms with Gasteiger partial charge < -0.3 is 14.8 Å². The number of fused-ring (bicyclic) bond motifs is 1. The van der Waals surface area contributed by atoms with Crippen molar-refractivity contribution in [3.8, 4) is 11.5 Å². The lowest BCUT2D eigenvalue weighted by Crippen LogP contribution is -2.26. The summed E-state index contributed by atoms with van der Waals surface area (Å²) in [5.74, 6) is 0.572. The number of ether oxygens (including phenoxy) is 2. The number of hydrogen-bond donors (Lipinski definition) is 1. The SMILES string of the molecule is COc1ccc(S(=O)(=O)N(C)c2ccc3sc(C(=O)NCc4cccnc4)cc3c2)cc1OC. The third kappa shape index (κ3) is 4.68. The molecule has 0 aliphatic carbocycles. The molecule has 0 unspecified atom stereocenters. The summed E-state index contributed by atoms with van der Waals surface area (Å²) >= 11 is 1.35. The van der Waals surface area contributed by atoms with Crippen LogP contribution in [0.25, 0.3) is 10.1 Å². The van der Waals surface area contributed by atoms with E-state index in [9.17, 15) is 13.2 Å². The van der Waals surface area contributed by atoms with Crippen LogP contribution < -0.4 is 19.1 Å². The second-order valence-electron chi connectivity index (χ2n) is 7.37. The fourth-order valence-electron chi connectivity index (χ4n) is 3.38. The third-order valence-electron chi connectivity index (χ3n) is 5.28. The number of benzene rings is 2. The van der Waals surface area contributed by atoms with E-state index in [4.69, 9.17) is 9.47 Å². The van der Waals surface area contributed by atoms with Crippen molar-refractivity contribution in [3.05, 3.63) is 77.4 Å². The molecule has 4 aromatic rings. The molecule has 2 aromatic carbocycles. The van der Waals surface area contributed by atoms with Gasteiger partial charge in [-0.2, -0.15) is 0 Å². The number of sulfonamides is 1. The molecular formula is C24H23N3O5S2. The first-order chi connectivity index (χ1) is 16.3. The summed E-state index contributed by atoms with van der Waals surface area (Å²) in [6.45, 7) is 0.373. The highest BCUT2D eigenvalue weighted by molar-refractivity contribution is 7.92. The van der Waals surface area contributed by atoms with Crippen molar-refractivity contribution in [1.82, 2.24) is 10.3 Å². The first kappa shape index (κ1) is 23.5. The minimum Gasteiger partial charge on any atom is -0.493 e. The summed E-state index contributed by atoms with van der Waals surface area (Å²) < 4.78 is 39.0. The number of pyridine rings is 1. The Bertz CT molecular complexity index is 1440. The summed E-state index contributed by atoms with van der Waals surface area (Å²) in [4.78, 5) is 17.3. The van der Waals surface area contributed by atoms with Crippen LogP contribution in [0.4, 0.5) is 5.69 Å². The number of thiophene rings is 1. The quantitative estimate of drug-likeness (QED) is 0.394. The van der Waals surface area contributed by atoms with Gasteiger partial charge in [-0.25, -0.2) is 8.42 Å². The van der Waals surface area contributed by atoms with Gasteiger partial charge in [0.15, 0.2) is 11.5 Å². The molecule has 1 amide bonds. The number of anilines is 1. The van der Waals surface area contributed by atoms with E-state index in [2.05, 4.69) is 10.3 Å². The maximum absolute atomic E-state index is 13.2. The average molecular weight is 498 g/mol. The first-order valence-electron chi connectivity index (χ1n) is 10.2. The molecule has 8 nitrogen and oxygen atoms in total. The molecule has 34 heavy (non-hydrogen) atoms. The smallest absolute Gasteiger partial charge is 0.264 e. The van der Waals surface area contributed by atoms with Gasteiger partial charge in [-0.15, -0.1) is 11.3 Å². The molecule has 0 fully saturated rings. The van der Waals surface area contributed by atoms with E-state index in [0.717, 1.165) is 15.6 Å². The molecule has 0 spiro atoms. The second kappa shape index (κ2) is 9.70. The summed E-state index contributed by atoms with van der Waals surface area (Å²) in [5, 5.41) is 3.66. The summed E-state index contributed by atoms with van der Waals surface area (Å²) in [7, 11) is 0.575. The van der Waals surface area contributed by atoms with Gasteiger partial charge >= 0.3 is 0 Å². The fraction of sp³-hybridized carbons (Fsp3) is 0.167. The highest BCUT2D eigenvalue weighted by atomic mass is 32.2. The molecular weight excluding hydrogens is 474 g/mol. The Kier molecular flexibility index (Phi) is 6.71. The van der Waals surface area contributed by atoms with Gasteiger partial charge in [0, 0.05) is 36.8 Å². The molecule has 176 valence electrons. The first-order valence-corrected chi connectivity index (χ1v) is 12.5. The molecule has 0 saturated heterocycles. The van der Waals surface area contributed by atoms with Gasteiger partial charge in [-0.1, -0.05) is 6.07 Å². The Balaban J connectivity index is 1.57. The molecule has 0 radical (unpaired) electrons. The van der Waals surface area contributed by atoms with Crippen LogP contribution in [0.2, 0.25) is 0 Å². The zero-order chi connectivity index (χ0) is 24.3. The molecule has 0 atom stereocenters. The largest absolute Gasteiger partial charge is 0.493 e. The van der Waals surface area contributed by atoms with Crippen molar-refractivity contribution in [2.45, 2.75) is 11.4 Å². The number of amides is 1. The van der Waals surface area contributed by atoms with Gasteiger partial charge in [-0.05, 0) is 53.4 Å². The minimum absolute atomic E-state index is 0.0773. The van der Waals surface area contributed by atoms with Gasteiger partial charge in [0.1, 0.15) is 0 Å². The third-order valence-corrected chi connectivity index (χ3v) is 8.17. The molecule has 10 heteroatoms. The minimum atomic E-state index is -3.85. The summed E-state index contributed by atoms with van der Waals surface area (Å²) in [6, 6.07) is 15.2.